The fourth-order valence-electron chi connectivity index (χ4n) is 3.40. The van der Waals surface area contributed by atoms with Gasteiger partial charge in [-0.15, -0.1) is 0 Å². The molecule has 27 heavy (non-hydrogen) atoms. The fourth-order valence-corrected chi connectivity index (χ4v) is 3.61. The van der Waals surface area contributed by atoms with E-state index in [1.165, 1.54) is 5.56 Å². The van der Waals surface area contributed by atoms with Crippen LogP contribution in [0.2, 0.25) is 5.02 Å². The van der Waals surface area contributed by atoms with E-state index in [1.807, 2.05) is 23.1 Å². The first-order valence-corrected chi connectivity index (χ1v) is 9.29. The Morgan fingerprint density at radius 3 is 2.70 bits per heavy atom. The van der Waals surface area contributed by atoms with Gasteiger partial charge in [0.25, 0.3) is 11.8 Å². The van der Waals surface area contributed by atoms with Gasteiger partial charge >= 0.3 is 0 Å². The molecule has 0 aliphatic carbocycles. The number of nitrogens with one attached hydrogen (secondary N) is 1. The van der Waals surface area contributed by atoms with Crippen molar-refractivity contribution in [3.8, 4) is 5.75 Å². The lowest BCUT2D eigenvalue weighted by atomic mass is 10.1. The molecule has 1 fully saturated rings. The van der Waals surface area contributed by atoms with Crippen molar-refractivity contribution in [2.24, 2.45) is 0 Å². The maximum atomic E-state index is 12.8. The lowest BCUT2D eigenvalue weighted by molar-refractivity contribution is -0.118. The lowest BCUT2D eigenvalue weighted by Crippen LogP contribution is -2.48. The number of halogens is 1. The van der Waals surface area contributed by atoms with Crippen LogP contribution in [0.5, 0.6) is 5.75 Å². The van der Waals surface area contributed by atoms with Gasteiger partial charge < -0.3 is 15.0 Å². The molecule has 140 valence electrons. The molecule has 0 unspecified atom stereocenters. The van der Waals surface area contributed by atoms with E-state index in [4.69, 9.17) is 16.3 Å². The minimum Gasteiger partial charge on any atom is -0.482 e. The average Bonchev–Trinajstić information content (AvgIpc) is 2.67. The number of ether oxygens (including phenoxy) is 1. The molecule has 2 heterocycles. The molecule has 0 radical (unpaired) electrons. The molecule has 6 nitrogen and oxygen atoms in total. The van der Waals surface area contributed by atoms with E-state index in [9.17, 15) is 9.59 Å². The van der Waals surface area contributed by atoms with Crippen LogP contribution in [0.15, 0.2) is 42.5 Å². The van der Waals surface area contributed by atoms with Gasteiger partial charge in [0.05, 0.1) is 5.69 Å². The summed E-state index contributed by atoms with van der Waals surface area (Å²) in [5, 5.41) is 3.48. The van der Waals surface area contributed by atoms with Crippen molar-refractivity contribution in [1.82, 2.24) is 9.80 Å². The SMILES string of the molecule is O=C1COc2ccc(C(=O)N3CCN(Cc4cccc(Cl)c4)CC3)cc2N1. The quantitative estimate of drug-likeness (QED) is 0.882. The Kier molecular flexibility index (Phi) is 5.01. The van der Waals surface area contributed by atoms with Gasteiger partial charge in [0.2, 0.25) is 0 Å². The van der Waals surface area contributed by atoms with Crippen molar-refractivity contribution in [3.05, 3.63) is 58.6 Å². The minimum absolute atomic E-state index is 0.00881. The van der Waals surface area contributed by atoms with E-state index in [-0.39, 0.29) is 18.4 Å². The van der Waals surface area contributed by atoms with Crippen LogP contribution in [-0.2, 0) is 11.3 Å². The third-order valence-corrected chi connectivity index (χ3v) is 5.05. The summed E-state index contributed by atoms with van der Waals surface area (Å²) in [7, 11) is 0. The monoisotopic (exact) mass is 385 g/mol. The summed E-state index contributed by atoms with van der Waals surface area (Å²) >= 11 is 6.05. The Morgan fingerprint density at radius 2 is 1.93 bits per heavy atom. The molecule has 2 aliphatic rings. The zero-order chi connectivity index (χ0) is 18.8. The smallest absolute Gasteiger partial charge is 0.262 e. The topological polar surface area (TPSA) is 61.9 Å². The van der Waals surface area contributed by atoms with Crippen molar-refractivity contribution >= 4 is 29.1 Å². The van der Waals surface area contributed by atoms with Gasteiger partial charge in [-0.25, -0.2) is 0 Å². The van der Waals surface area contributed by atoms with Gasteiger partial charge in [-0.1, -0.05) is 23.7 Å². The molecule has 2 aromatic rings. The number of piperazine rings is 1. The standard InChI is InChI=1S/C20H20ClN3O3/c21-16-3-1-2-14(10-16)12-23-6-8-24(9-7-23)20(26)15-4-5-18-17(11-15)22-19(25)13-27-18/h1-5,10-11H,6-9,12-13H2,(H,22,25). The van der Waals surface area contributed by atoms with Gasteiger partial charge in [-0.2, -0.15) is 0 Å². The number of rotatable bonds is 3. The Bertz CT molecular complexity index is 879. The summed E-state index contributed by atoms with van der Waals surface area (Å²) in [6.07, 6.45) is 0. The van der Waals surface area contributed by atoms with Crippen molar-refractivity contribution in [1.29, 1.82) is 0 Å². The van der Waals surface area contributed by atoms with E-state index in [0.29, 0.717) is 30.1 Å². The maximum absolute atomic E-state index is 12.8. The molecule has 0 spiro atoms. The van der Waals surface area contributed by atoms with Crippen molar-refractivity contribution in [2.75, 3.05) is 38.1 Å². The van der Waals surface area contributed by atoms with Crippen LogP contribution >= 0.6 is 11.6 Å². The largest absolute Gasteiger partial charge is 0.482 e. The summed E-state index contributed by atoms with van der Waals surface area (Å²) in [5.41, 5.74) is 2.28. The molecule has 4 rings (SSSR count). The molecule has 7 heteroatoms. The molecule has 0 atom stereocenters. The number of anilines is 1. The molecular weight excluding hydrogens is 366 g/mol. The van der Waals surface area contributed by atoms with Crippen molar-refractivity contribution < 1.29 is 14.3 Å². The highest BCUT2D eigenvalue weighted by molar-refractivity contribution is 6.30. The summed E-state index contributed by atoms with van der Waals surface area (Å²) in [5.74, 6) is 0.360. The predicted octanol–water partition coefficient (Wildman–Crippen LogP) is 2.63. The first-order chi connectivity index (χ1) is 13.1. The Balaban J connectivity index is 1.37. The zero-order valence-electron chi connectivity index (χ0n) is 14.8. The number of fused-ring (bicyclic) bond motifs is 1. The lowest BCUT2D eigenvalue weighted by Gasteiger charge is -2.35. The molecule has 0 saturated carbocycles. The van der Waals surface area contributed by atoms with Crippen LogP contribution in [0.1, 0.15) is 15.9 Å². The van der Waals surface area contributed by atoms with Crippen LogP contribution in [0.4, 0.5) is 5.69 Å². The third kappa shape index (κ3) is 4.07. The summed E-state index contributed by atoms with van der Waals surface area (Å²) in [4.78, 5) is 28.4. The van der Waals surface area contributed by atoms with Crippen LogP contribution in [0, 0.1) is 0 Å². The summed E-state index contributed by atoms with van der Waals surface area (Å²) in [6, 6.07) is 13.0. The Hall–Kier alpha value is -2.57. The van der Waals surface area contributed by atoms with Gasteiger partial charge in [0.1, 0.15) is 5.75 Å². The molecule has 0 bridgehead atoms. The van der Waals surface area contributed by atoms with E-state index in [0.717, 1.165) is 24.7 Å². The highest BCUT2D eigenvalue weighted by atomic mass is 35.5. The molecule has 2 aromatic carbocycles. The van der Waals surface area contributed by atoms with Crippen LogP contribution in [0.3, 0.4) is 0 Å². The van der Waals surface area contributed by atoms with E-state index >= 15 is 0 Å². The Labute approximate surface area is 162 Å². The second-order valence-corrected chi connectivity index (χ2v) is 7.18. The van der Waals surface area contributed by atoms with Gasteiger partial charge in [0, 0.05) is 43.3 Å². The minimum atomic E-state index is -0.207. The van der Waals surface area contributed by atoms with Gasteiger partial charge in [-0.05, 0) is 35.9 Å². The molecule has 1 N–H and O–H groups in total. The zero-order valence-corrected chi connectivity index (χ0v) is 15.5. The third-order valence-electron chi connectivity index (χ3n) is 4.81. The van der Waals surface area contributed by atoms with Crippen molar-refractivity contribution in [2.45, 2.75) is 6.54 Å². The average molecular weight is 386 g/mol. The molecule has 1 saturated heterocycles. The van der Waals surface area contributed by atoms with E-state index < -0.39 is 0 Å². The van der Waals surface area contributed by atoms with Gasteiger partial charge in [-0.3, -0.25) is 14.5 Å². The highest BCUT2D eigenvalue weighted by Crippen LogP contribution is 2.29. The number of nitrogens with zero attached hydrogens (tertiary/aromatic N) is 2. The summed E-state index contributed by atoms with van der Waals surface area (Å²) < 4.78 is 5.34. The number of benzene rings is 2. The number of carbonyl (C=O) groups is 2. The van der Waals surface area contributed by atoms with Crippen LogP contribution < -0.4 is 10.1 Å². The first kappa shape index (κ1) is 17.8. The molecule has 2 amide bonds. The second kappa shape index (κ2) is 7.58. The summed E-state index contributed by atoms with van der Waals surface area (Å²) in [6.45, 7) is 3.78. The number of amides is 2. The number of hydrogen-bond acceptors (Lipinski definition) is 4. The van der Waals surface area contributed by atoms with Crippen molar-refractivity contribution in [3.63, 3.8) is 0 Å². The molecule has 2 aliphatic heterocycles. The second-order valence-electron chi connectivity index (χ2n) is 6.75. The Morgan fingerprint density at radius 1 is 1.11 bits per heavy atom. The first-order valence-electron chi connectivity index (χ1n) is 8.91. The number of carbonyl (C=O) groups excluding carboxylic acids is 2. The van der Waals surface area contributed by atoms with E-state index in [2.05, 4.69) is 16.3 Å². The number of hydrogen-bond donors (Lipinski definition) is 1. The molecule has 0 aromatic heterocycles. The maximum Gasteiger partial charge on any atom is 0.262 e. The van der Waals surface area contributed by atoms with E-state index in [1.54, 1.807) is 18.2 Å². The fraction of sp³-hybridized carbons (Fsp3) is 0.300. The normalized spacial score (nSPS) is 17.1. The van der Waals surface area contributed by atoms with Gasteiger partial charge in [0.15, 0.2) is 6.61 Å². The van der Waals surface area contributed by atoms with Crippen LogP contribution in [0.25, 0.3) is 0 Å². The molecular formula is C20H20ClN3O3. The van der Waals surface area contributed by atoms with Crippen LogP contribution in [-0.4, -0.2) is 54.4 Å². The highest BCUT2D eigenvalue weighted by Gasteiger charge is 2.24. The predicted molar refractivity (Wildman–Crippen MR) is 103 cm³/mol.